The summed E-state index contributed by atoms with van der Waals surface area (Å²) in [4.78, 5) is 26.3. The van der Waals surface area contributed by atoms with Gasteiger partial charge in [-0.05, 0) is 17.9 Å². The van der Waals surface area contributed by atoms with Crippen LogP contribution in [0.15, 0.2) is 60.7 Å². The van der Waals surface area contributed by atoms with Gasteiger partial charge in [0, 0.05) is 18.5 Å². The van der Waals surface area contributed by atoms with Gasteiger partial charge in [-0.15, -0.1) is 0 Å². The fourth-order valence-corrected chi connectivity index (χ4v) is 2.23. The van der Waals surface area contributed by atoms with Crippen LogP contribution in [-0.4, -0.2) is 23.1 Å². The predicted octanol–water partition coefficient (Wildman–Crippen LogP) is 3.70. The van der Waals surface area contributed by atoms with Crippen LogP contribution < -0.4 is 0 Å². The summed E-state index contributed by atoms with van der Waals surface area (Å²) in [6, 6.07) is 18.6. The molecule has 0 bridgehead atoms. The molecule has 3 nitrogen and oxygen atoms in total. The summed E-state index contributed by atoms with van der Waals surface area (Å²) < 4.78 is 0. The highest BCUT2D eigenvalue weighted by molar-refractivity contribution is 6.01. The molecule has 2 rings (SSSR count). The molecule has 0 N–H and O–H groups in total. The Balaban J connectivity index is 2.14. The first kappa shape index (κ1) is 17.5. The summed E-state index contributed by atoms with van der Waals surface area (Å²) in [5.41, 5.74) is 1.58. The number of carbonyl (C=O) groups is 2. The second-order valence-electron chi connectivity index (χ2n) is 5.49. The van der Waals surface area contributed by atoms with E-state index in [0.717, 1.165) is 12.0 Å². The van der Waals surface area contributed by atoms with Crippen LogP contribution in [0.5, 0.6) is 0 Å². The number of unbranched alkanes of at least 4 members (excludes halogenated alkanes) is 1. The van der Waals surface area contributed by atoms with E-state index in [9.17, 15) is 9.59 Å². The standard InChI is InChI=1S/C21H21NO2/c1-2-3-6-15-21(24)22(16-18-11-7-4-8-12-18)17-20(23)19-13-9-5-10-14-19/h4-5,7-14H,2-3,16-17H2,1H3. The van der Waals surface area contributed by atoms with Gasteiger partial charge in [0.05, 0.1) is 6.54 Å². The number of ketones is 1. The molecular formula is C21H21NO2. The molecule has 0 aliphatic rings. The fraction of sp³-hybridized carbons (Fsp3) is 0.238. The maximum atomic E-state index is 12.4. The number of benzene rings is 2. The number of carbonyl (C=O) groups excluding carboxylic acids is 2. The zero-order chi connectivity index (χ0) is 17.2. The van der Waals surface area contributed by atoms with Gasteiger partial charge in [-0.2, -0.15) is 0 Å². The van der Waals surface area contributed by atoms with Crippen molar-refractivity contribution < 1.29 is 9.59 Å². The molecule has 122 valence electrons. The largest absolute Gasteiger partial charge is 0.320 e. The molecule has 0 aliphatic heterocycles. The van der Waals surface area contributed by atoms with Crippen LogP contribution in [0.2, 0.25) is 0 Å². The Morgan fingerprint density at radius 2 is 1.58 bits per heavy atom. The monoisotopic (exact) mass is 319 g/mol. The molecule has 2 aromatic carbocycles. The third-order valence-electron chi connectivity index (χ3n) is 3.50. The van der Waals surface area contributed by atoms with Crippen LogP contribution in [0.25, 0.3) is 0 Å². The average Bonchev–Trinajstić information content (AvgIpc) is 2.63. The maximum Gasteiger partial charge on any atom is 0.299 e. The molecule has 0 heterocycles. The van der Waals surface area contributed by atoms with Crippen molar-refractivity contribution in [2.24, 2.45) is 0 Å². The molecule has 0 aliphatic carbocycles. The Morgan fingerprint density at radius 3 is 2.21 bits per heavy atom. The van der Waals surface area contributed by atoms with E-state index in [4.69, 9.17) is 0 Å². The van der Waals surface area contributed by atoms with Crippen molar-refractivity contribution in [2.75, 3.05) is 6.54 Å². The van der Waals surface area contributed by atoms with Crippen LogP contribution in [0.3, 0.4) is 0 Å². The lowest BCUT2D eigenvalue weighted by atomic mass is 10.1. The van der Waals surface area contributed by atoms with Crippen molar-refractivity contribution in [3.05, 3.63) is 71.8 Å². The Kier molecular flexibility index (Phi) is 6.79. The van der Waals surface area contributed by atoms with E-state index in [1.165, 1.54) is 4.90 Å². The Morgan fingerprint density at radius 1 is 0.958 bits per heavy atom. The minimum absolute atomic E-state index is 0.0263. The van der Waals surface area contributed by atoms with Crippen LogP contribution in [0, 0.1) is 11.8 Å². The molecule has 0 unspecified atom stereocenters. The zero-order valence-electron chi connectivity index (χ0n) is 13.9. The number of amides is 1. The molecule has 0 saturated carbocycles. The molecular weight excluding hydrogens is 298 g/mol. The van der Waals surface area contributed by atoms with Crippen LogP contribution in [0.1, 0.15) is 35.7 Å². The van der Waals surface area contributed by atoms with Crippen molar-refractivity contribution in [3.8, 4) is 11.8 Å². The molecule has 24 heavy (non-hydrogen) atoms. The van der Waals surface area contributed by atoms with E-state index in [1.807, 2.05) is 55.5 Å². The summed E-state index contributed by atoms with van der Waals surface area (Å²) in [7, 11) is 0. The second-order valence-corrected chi connectivity index (χ2v) is 5.49. The van der Waals surface area contributed by atoms with E-state index in [-0.39, 0.29) is 18.2 Å². The van der Waals surface area contributed by atoms with Gasteiger partial charge in [0.15, 0.2) is 5.78 Å². The lowest BCUT2D eigenvalue weighted by molar-refractivity contribution is -0.125. The summed E-state index contributed by atoms with van der Waals surface area (Å²) in [6.45, 7) is 2.41. The summed E-state index contributed by atoms with van der Waals surface area (Å²) in [5.74, 6) is 5.11. The second kappa shape index (κ2) is 9.32. The highest BCUT2D eigenvalue weighted by Gasteiger charge is 2.17. The van der Waals surface area contributed by atoms with E-state index in [2.05, 4.69) is 11.8 Å². The minimum Gasteiger partial charge on any atom is -0.320 e. The molecule has 0 saturated heterocycles. The van der Waals surface area contributed by atoms with Gasteiger partial charge < -0.3 is 4.90 Å². The quantitative estimate of drug-likeness (QED) is 0.601. The van der Waals surface area contributed by atoms with Crippen molar-refractivity contribution in [2.45, 2.75) is 26.3 Å². The number of Topliss-reactive ketones (excluding diaryl/α,β-unsaturated/α-hetero) is 1. The summed E-state index contributed by atoms with van der Waals surface area (Å²) >= 11 is 0. The SMILES string of the molecule is CCCC#CC(=O)N(CC(=O)c1ccccc1)Cc1ccccc1. The average molecular weight is 319 g/mol. The van der Waals surface area contributed by atoms with Crippen molar-refractivity contribution in [1.82, 2.24) is 4.90 Å². The Hall–Kier alpha value is -2.86. The van der Waals surface area contributed by atoms with E-state index < -0.39 is 0 Å². The highest BCUT2D eigenvalue weighted by atomic mass is 16.2. The first-order valence-electron chi connectivity index (χ1n) is 8.10. The Labute approximate surface area is 143 Å². The normalized spacial score (nSPS) is 9.71. The van der Waals surface area contributed by atoms with E-state index in [0.29, 0.717) is 18.5 Å². The van der Waals surface area contributed by atoms with Crippen molar-refractivity contribution >= 4 is 11.7 Å². The van der Waals surface area contributed by atoms with Gasteiger partial charge in [-0.3, -0.25) is 9.59 Å². The van der Waals surface area contributed by atoms with E-state index in [1.54, 1.807) is 12.1 Å². The van der Waals surface area contributed by atoms with Gasteiger partial charge in [-0.1, -0.05) is 73.5 Å². The van der Waals surface area contributed by atoms with E-state index >= 15 is 0 Å². The van der Waals surface area contributed by atoms with Gasteiger partial charge >= 0.3 is 0 Å². The van der Waals surface area contributed by atoms with Crippen molar-refractivity contribution in [3.63, 3.8) is 0 Å². The zero-order valence-corrected chi connectivity index (χ0v) is 13.9. The smallest absolute Gasteiger partial charge is 0.299 e. The molecule has 0 atom stereocenters. The van der Waals surface area contributed by atoms with Gasteiger partial charge in [0.2, 0.25) is 0 Å². The van der Waals surface area contributed by atoms with Gasteiger partial charge in [0.25, 0.3) is 5.91 Å². The van der Waals surface area contributed by atoms with Crippen LogP contribution in [-0.2, 0) is 11.3 Å². The third-order valence-corrected chi connectivity index (χ3v) is 3.50. The topological polar surface area (TPSA) is 37.4 Å². The third kappa shape index (κ3) is 5.40. The maximum absolute atomic E-state index is 12.4. The van der Waals surface area contributed by atoms with Gasteiger partial charge in [-0.25, -0.2) is 0 Å². The number of hydrogen-bond acceptors (Lipinski definition) is 2. The molecule has 3 heteroatoms. The Bertz CT molecular complexity index is 727. The first-order chi connectivity index (χ1) is 11.7. The first-order valence-corrected chi connectivity index (χ1v) is 8.10. The van der Waals surface area contributed by atoms with Gasteiger partial charge in [0.1, 0.15) is 0 Å². The van der Waals surface area contributed by atoms with Crippen LogP contribution >= 0.6 is 0 Å². The number of hydrogen-bond donors (Lipinski definition) is 0. The molecule has 2 aromatic rings. The minimum atomic E-state index is -0.309. The molecule has 0 radical (unpaired) electrons. The summed E-state index contributed by atoms with van der Waals surface area (Å²) in [5, 5.41) is 0. The highest BCUT2D eigenvalue weighted by Crippen LogP contribution is 2.08. The summed E-state index contributed by atoms with van der Waals surface area (Å²) in [6.07, 6.45) is 1.58. The number of rotatable bonds is 6. The number of nitrogens with zero attached hydrogens (tertiary/aromatic N) is 1. The molecule has 1 amide bonds. The van der Waals surface area contributed by atoms with Crippen molar-refractivity contribution in [1.29, 1.82) is 0 Å². The van der Waals surface area contributed by atoms with Crippen LogP contribution in [0.4, 0.5) is 0 Å². The molecule has 0 aromatic heterocycles. The molecule has 0 spiro atoms. The fourth-order valence-electron chi connectivity index (χ4n) is 2.23. The lowest BCUT2D eigenvalue weighted by Crippen LogP contribution is -2.34. The predicted molar refractivity (Wildman–Crippen MR) is 95.3 cm³/mol. The lowest BCUT2D eigenvalue weighted by Gasteiger charge is -2.19. The molecule has 0 fully saturated rings.